The molecule has 1 aromatic carbocycles. The van der Waals surface area contributed by atoms with Gasteiger partial charge < -0.3 is 0 Å². The number of halogens is 4. The van der Waals surface area contributed by atoms with Gasteiger partial charge in [0.05, 0.1) is 17.7 Å². The second kappa shape index (κ2) is 5.99. The van der Waals surface area contributed by atoms with Crippen LogP contribution in [0.4, 0.5) is 17.6 Å². The first-order chi connectivity index (χ1) is 11.4. The highest BCUT2D eigenvalue weighted by molar-refractivity contribution is 5.57. The third kappa shape index (κ3) is 2.97. The van der Waals surface area contributed by atoms with Crippen molar-refractivity contribution in [2.75, 3.05) is 0 Å². The molecule has 0 unspecified atom stereocenters. The highest BCUT2D eigenvalue weighted by Crippen LogP contribution is 2.34. The van der Waals surface area contributed by atoms with Crippen LogP contribution >= 0.6 is 0 Å². The van der Waals surface area contributed by atoms with E-state index in [1.54, 1.807) is 25.3 Å². The zero-order valence-corrected chi connectivity index (χ0v) is 12.4. The minimum atomic E-state index is -4.79. The number of tetrazole rings is 1. The van der Waals surface area contributed by atoms with Gasteiger partial charge in [-0.05, 0) is 41.1 Å². The van der Waals surface area contributed by atoms with Gasteiger partial charge in [0, 0.05) is 11.9 Å². The fourth-order valence-electron chi connectivity index (χ4n) is 2.27. The van der Waals surface area contributed by atoms with Gasteiger partial charge in [-0.15, -0.1) is 5.10 Å². The van der Waals surface area contributed by atoms with Gasteiger partial charge in [0.2, 0.25) is 0 Å². The summed E-state index contributed by atoms with van der Waals surface area (Å²) in [5.41, 5.74) is -0.162. The number of hydrogen-bond acceptors (Lipinski definition) is 4. The molecule has 2 aromatic heterocycles. The normalized spacial score (nSPS) is 11.7. The molecule has 0 amide bonds. The molecule has 0 bridgehead atoms. The van der Waals surface area contributed by atoms with E-state index in [-0.39, 0.29) is 17.9 Å². The lowest BCUT2D eigenvalue weighted by atomic mass is 10.1. The van der Waals surface area contributed by atoms with E-state index >= 15 is 0 Å². The van der Waals surface area contributed by atoms with Crippen molar-refractivity contribution in [1.29, 1.82) is 0 Å². The molecule has 0 aliphatic heterocycles. The Bertz CT molecular complexity index is 872. The summed E-state index contributed by atoms with van der Waals surface area (Å²) in [6.45, 7) is 1.95. The average molecular weight is 337 g/mol. The van der Waals surface area contributed by atoms with Crippen LogP contribution in [0.25, 0.3) is 11.4 Å². The van der Waals surface area contributed by atoms with Gasteiger partial charge in [0.25, 0.3) is 0 Å². The molecular formula is C15H11F4N5. The van der Waals surface area contributed by atoms with E-state index in [0.717, 1.165) is 17.3 Å². The smallest absolute Gasteiger partial charge is 0.261 e. The number of rotatable bonds is 3. The van der Waals surface area contributed by atoms with Crippen molar-refractivity contribution in [3.05, 3.63) is 59.2 Å². The van der Waals surface area contributed by atoms with Crippen LogP contribution in [0.3, 0.4) is 0 Å². The van der Waals surface area contributed by atoms with Gasteiger partial charge in [-0.3, -0.25) is 4.98 Å². The van der Waals surface area contributed by atoms with Crippen LogP contribution in [0.15, 0.2) is 36.5 Å². The third-order valence-electron chi connectivity index (χ3n) is 3.51. The van der Waals surface area contributed by atoms with Crippen LogP contribution in [-0.2, 0) is 12.7 Å². The summed E-state index contributed by atoms with van der Waals surface area (Å²) < 4.78 is 54.1. The summed E-state index contributed by atoms with van der Waals surface area (Å²) in [6.07, 6.45) is -3.18. The Morgan fingerprint density at radius 2 is 1.92 bits per heavy atom. The van der Waals surface area contributed by atoms with Gasteiger partial charge in [-0.25, -0.2) is 9.07 Å². The van der Waals surface area contributed by atoms with Crippen LogP contribution in [-0.4, -0.2) is 25.2 Å². The number of benzene rings is 1. The Morgan fingerprint density at radius 3 is 2.62 bits per heavy atom. The number of nitrogens with zero attached hydrogens (tertiary/aromatic N) is 5. The molecule has 0 spiro atoms. The molecule has 0 aliphatic carbocycles. The van der Waals surface area contributed by atoms with Crippen LogP contribution in [0, 0.1) is 12.7 Å². The summed E-state index contributed by atoms with van der Waals surface area (Å²) in [5.74, 6) is -1.48. The van der Waals surface area contributed by atoms with Crippen molar-refractivity contribution in [2.45, 2.75) is 19.6 Å². The predicted molar refractivity (Wildman–Crippen MR) is 76.3 cm³/mol. The number of alkyl halides is 3. The first kappa shape index (κ1) is 16.0. The second-order valence-electron chi connectivity index (χ2n) is 5.07. The molecule has 0 atom stereocenters. The predicted octanol–water partition coefficient (Wildman–Crippen LogP) is 3.25. The fourth-order valence-corrected chi connectivity index (χ4v) is 2.27. The molecule has 0 fully saturated rings. The van der Waals surface area contributed by atoms with E-state index in [2.05, 4.69) is 20.5 Å². The molecule has 5 nitrogen and oxygen atoms in total. The quantitative estimate of drug-likeness (QED) is 0.689. The molecule has 3 aromatic rings. The molecule has 124 valence electrons. The highest BCUT2D eigenvalue weighted by atomic mass is 19.4. The van der Waals surface area contributed by atoms with Crippen molar-refractivity contribution in [3.8, 4) is 11.4 Å². The summed E-state index contributed by atoms with van der Waals surface area (Å²) in [5, 5.41) is 10.9. The van der Waals surface area contributed by atoms with E-state index in [4.69, 9.17) is 0 Å². The lowest BCUT2D eigenvalue weighted by Gasteiger charge is -2.11. The lowest BCUT2D eigenvalue weighted by molar-refractivity contribution is -0.139. The summed E-state index contributed by atoms with van der Waals surface area (Å²) in [6, 6.07) is 6.52. The van der Waals surface area contributed by atoms with Gasteiger partial charge in [0.1, 0.15) is 5.82 Å². The molecule has 9 heteroatoms. The van der Waals surface area contributed by atoms with Gasteiger partial charge in [-0.1, -0.05) is 12.1 Å². The molecule has 2 heterocycles. The number of aryl methyl sites for hydroxylation is 1. The monoisotopic (exact) mass is 337 g/mol. The minimum Gasteiger partial charge on any atom is -0.261 e. The molecule has 0 saturated heterocycles. The van der Waals surface area contributed by atoms with E-state index in [1.165, 1.54) is 10.7 Å². The SMILES string of the molecule is Cc1ncccc1Cn1nnnc1-c1cccc(C(F)(F)F)c1F. The first-order valence-corrected chi connectivity index (χ1v) is 6.90. The van der Waals surface area contributed by atoms with Crippen molar-refractivity contribution < 1.29 is 17.6 Å². The van der Waals surface area contributed by atoms with Gasteiger partial charge in [-0.2, -0.15) is 13.2 Å². The average Bonchev–Trinajstić information content (AvgIpc) is 2.96. The Morgan fingerprint density at radius 1 is 1.12 bits per heavy atom. The largest absolute Gasteiger partial charge is 0.419 e. The number of aromatic nitrogens is 5. The van der Waals surface area contributed by atoms with Crippen molar-refractivity contribution in [1.82, 2.24) is 25.2 Å². The first-order valence-electron chi connectivity index (χ1n) is 6.90. The van der Waals surface area contributed by atoms with Crippen LogP contribution < -0.4 is 0 Å². The third-order valence-corrected chi connectivity index (χ3v) is 3.51. The molecule has 0 N–H and O–H groups in total. The lowest BCUT2D eigenvalue weighted by Crippen LogP contribution is -2.11. The summed E-state index contributed by atoms with van der Waals surface area (Å²) in [4.78, 5) is 4.12. The number of hydrogen-bond donors (Lipinski definition) is 0. The molecule has 0 radical (unpaired) electrons. The molecule has 0 aliphatic rings. The van der Waals surface area contributed by atoms with E-state index in [0.29, 0.717) is 6.07 Å². The van der Waals surface area contributed by atoms with Crippen molar-refractivity contribution in [3.63, 3.8) is 0 Å². The molecule has 24 heavy (non-hydrogen) atoms. The highest BCUT2D eigenvalue weighted by Gasteiger charge is 2.35. The van der Waals surface area contributed by atoms with Crippen LogP contribution in [0.1, 0.15) is 16.8 Å². The molecule has 3 rings (SSSR count). The van der Waals surface area contributed by atoms with Crippen LogP contribution in [0.5, 0.6) is 0 Å². The topological polar surface area (TPSA) is 56.5 Å². The zero-order chi connectivity index (χ0) is 17.3. The van der Waals surface area contributed by atoms with E-state index < -0.39 is 17.6 Å². The summed E-state index contributed by atoms with van der Waals surface area (Å²) in [7, 11) is 0. The standard InChI is InChI=1S/C15H11F4N5/c1-9-10(4-3-7-20-9)8-24-14(21-22-23-24)11-5-2-6-12(13(11)16)15(17,18)19/h2-7H,8H2,1H3. The minimum absolute atomic E-state index is 0.0816. The maximum absolute atomic E-state index is 14.3. The Balaban J connectivity index is 2.04. The summed E-state index contributed by atoms with van der Waals surface area (Å²) >= 11 is 0. The van der Waals surface area contributed by atoms with Gasteiger partial charge in [0.15, 0.2) is 5.82 Å². The van der Waals surface area contributed by atoms with Crippen molar-refractivity contribution in [2.24, 2.45) is 0 Å². The van der Waals surface area contributed by atoms with Crippen LogP contribution in [0.2, 0.25) is 0 Å². The zero-order valence-electron chi connectivity index (χ0n) is 12.4. The van der Waals surface area contributed by atoms with Crippen molar-refractivity contribution >= 4 is 0 Å². The van der Waals surface area contributed by atoms with Gasteiger partial charge >= 0.3 is 6.18 Å². The number of pyridine rings is 1. The molecule has 0 saturated carbocycles. The Kier molecular flexibility index (Phi) is 4.00. The molecular weight excluding hydrogens is 326 g/mol. The van der Waals surface area contributed by atoms with E-state index in [1.807, 2.05) is 0 Å². The maximum Gasteiger partial charge on any atom is 0.419 e. The Labute approximate surface area is 134 Å². The maximum atomic E-state index is 14.3. The Hall–Kier alpha value is -2.84. The van der Waals surface area contributed by atoms with E-state index in [9.17, 15) is 17.6 Å². The second-order valence-corrected chi connectivity index (χ2v) is 5.07. The fraction of sp³-hybridized carbons (Fsp3) is 0.200.